The second kappa shape index (κ2) is 4.38. The summed E-state index contributed by atoms with van der Waals surface area (Å²) in [6.45, 7) is 0. The fraction of sp³-hybridized carbons (Fsp3) is 0.118. The van der Waals surface area contributed by atoms with Gasteiger partial charge in [-0.05, 0) is 36.2 Å². The Labute approximate surface area is 121 Å². The van der Waals surface area contributed by atoms with Crippen molar-refractivity contribution in [1.29, 1.82) is 0 Å². The smallest absolute Gasteiger partial charge is 0.234 e. The first-order chi connectivity index (χ1) is 10.2. The van der Waals surface area contributed by atoms with Gasteiger partial charge in [-0.1, -0.05) is 18.2 Å². The van der Waals surface area contributed by atoms with Crippen LogP contribution in [-0.4, -0.2) is 15.6 Å². The van der Waals surface area contributed by atoms with E-state index in [-0.39, 0.29) is 11.8 Å². The zero-order chi connectivity index (χ0) is 14.4. The van der Waals surface area contributed by atoms with E-state index < -0.39 is 0 Å². The Kier molecular flexibility index (Phi) is 2.51. The zero-order valence-corrected chi connectivity index (χ0v) is 11.2. The molecule has 0 atom stereocenters. The maximum atomic E-state index is 11.9. The summed E-state index contributed by atoms with van der Waals surface area (Å²) in [5, 5.41) is 10.8. The van der Waals surface area contributed by atoms with Gasteiger partial charge in [0.05, 0.1) is 5.52 Å². The number of nitrogens with zero attached hydrogens (tertiary/aromatic N) is 1. The maximum absolute atomic E-state index is 11.9. The molecule has 2 aromatic carbocycles. The van der Waals surface area contributed by atoms with Crippen LogP contribution in [0.5, 0.6) is 17.4 Å². The molecule has 1 aliphatic rings. The van der Waals surface area contributed by atoms with Crippen LogP contribution in [0.25, 0.3) is 10.9 Å². The average molecular weight is 279 g/mol. The summed E-state index contributed by atoms with van der Waals surface area (Å²) in [4.78, 5) is 11.9. The summed E-state index contributed by atoms with van der Waals surface area (Å²) in [5.74, 6) is 1.41. The monoisotopic (exact) mass is 279 g/mol. The molecule has 0 saturated heterocycles. The third-order valence-corrected chi connectivity index (χ3v) is 3.77. The average Bonchev–Trinajstić information content (AvgIpc) is 2.81. The van der Waals surface area contributed by atoms with Crippen LogP contribution in [0.2, 0.25) is 0 Å². The molecule has 4 rings (SSSR count). The van der Waals surface area contributed by atoms with Gasteiger partial charge in [0.2, 0.25) is 5.91 Å². The standard InChI is InChI=1S/C17H13NO3/c19-15-7-6-11-8-14(21-13-4-2-1-3-5-13)9-12-10-16(20)18(15)17(11)12/h1-5,8-10,20H,6-7H2. The Balaban J connectivity index is 1.85. The molecule has 3 aromatic rings. The number of para-hydroxylation sites is 1. The number of aryl methyl sites for hydroxylation is 1. The molecule has 0 saturated carbocycles. The van der Waals surface area contributed by atoms with Crippen molar-refractivity contribution in [2.24, 2.45) is 0 Å². The highest BCUT2D eigenvalue weighted by Crippen LogP contribution is 2.36. The molecule has 0 bridgehead atoms. The lowest BCUT2D eigenvalue weighted by Crippen LogP contribution is -2.16. The second-order valence-electron chi connectivity index (χ2n) is 5.17. The Morgan fingerprint density at radius 2 is 1.81 bits per heavy atom. The number of aromatic hydroxyl groups is 1. The molecular weight excluding hydrogens is 266 g/mol. The van der Waals surface area contributed by atoms with Crippen LogP contribution in [-0.2, 0) is 6.42 Å². The van der Waals surface area contributed by atoms with Crippen LogP contribution in [0.1, 0.15) is 16.8 Å². The lowest BCUT2D eigenvalue weighted by atomic mass is 10.0. The van der Waals surface area contributed by atoms with Crippen LogP contribution in [0.15, 0.2) is 48.5 Å². The van der Waals surface area contributed by atoms with Crippen molar-refractivity contribution >= 4 is 16.8 Å². The zero-order valence-electron chi connectivity index (χ0n) is 11.2. The highest BCUT2D eigenvalue weighted by atomic mass is 16.5. The van der Waals surface area contributed by atoms with Crippen molar-refractivity contribution in [3.05, 3.63) is 54.1 Å². The molecule has 21 heavy (non-hydrogen) atoms. The predicted octanol–water partition coefficient (Wildman–Crippen LogP) is 3.73. The minimum absolute atomic E-state index is 0.00666. The van der Waals surface area contributed by atoms with Gasteiger partial charge in [0.25, 0.3) is 0 Å². The highest BCUT2D eigenvalue weighted by molar-refractivity contribution is 5.99. The van der Waals surface area contributed by atoms with Crippen LogP contribution < -0.4 is 4.74 Å². The van der Waals surface area contributed by atoms with Crippen LogP contribution in [0, 0.1) is 0 Å². The van der Waals surface area contributed by atoms with E-state index in [1.807, 2.05) is 42.5 Å². The molecule has 104 valence electrons. The molecule has 4 heteroatoms. The molecule has 0 radical (unpaired) electrons. The molecule has 0 fully saturated rings. The molecule has 0 spiro atoms. The number of ether oxygens (including phenoxy) is 1. The largest absolute Gasteiger partial charge is 0.494 e. The number of carbonyl (C=O) groups excluding carboxylic acids is 1. The summed E-state index contributed by atoms with van der Waals surface area (Å²) in [6, 6.07) is 14.9. The van der Waals surface area contributed by atoms with Gasteiger partial charge in [-0.2, -0.15) is 0 Å². The van der Waals surface area contributed by atoms with E-state index in [2.05, 4.69) is 0 Å². The maximum Gasteiger partial charge on any atom is 0.234 e. The van der Waals surface area contributed by atoms with E-state index in [1.165, 1.54) is 4.57 Å². The lowest BCUT2D eigenvalue weighted by molar-refractivity contribution is 0.0894. The quantitative estimate of drug-likeness (QED) is 0.777. The summed E-state index contributed by atoms with van der Waals surface area (Å²) < 4.78 is 7.24. The van der Waals surface area contributed by atoms with Gasteiger partial charge >= 0.3 is 0 Å². The normalized spacial score (nSPS) is 13.6. The first-order valence-electron chi connectivity index (χ1n) is 6.86. The Morgan fingerprint density at radius 1 is 1.00 bits per heavy atom. The second-order valence-corrected chi connectivity index (χ2v) is 5.17. The fourth-order valence-corrected chi connectivity index (χ4v) is 2.87. The van der Waals surface area contributed by atoms with Crippen molar-refractivity contribution in [1.82, 2.24) is 4.57 Å². The Bertz CT molecular complexity index is 849. The van der Waals surface area contributed by atoms with Gasteiger partial charge in [0.15, 0.2) is 5.88 Å². The molecule has 1 aliphatic heterocycles. The first-order valence-corrected chi connectivity index (χ1v) is 6.86. The minimum atomic E-state index is -0.0632. The summed E-state index contributed by atoms with van der Waals surface area (Å²) in [6.07, 6.45) is 1.07. The van der Waals surface area contributed by atoms with E-state index in [0.717, 1.165) is 28.0 Å². The van der Waals surface area contributed by atoms with Crippen molar-refractivity contribution in [3.63, 3.8) is 0 Å². The highest BCUT2D eigenvalue weighted by Gasteiger charge is 2.23. The molecule has 2 heterocycles. The Hall–Kier alpha value is -2.75. The summed E-state index contributed by atoms with van der Waals surface area (Å²) in [5.41, 5.74) is 1.82. The number of benzene rings is 2. The van der Waals surface area contributed by atoms with Gasteiger partial charge in [-0.25, -0.2) is 0 Å². The van der Waals surface area contributed by atoms with E-state index >= 15 is 0 Å². The Morgan fingerprint density at radius 3 is 2.62 bits per heavy atom. The molecule has 1 N–H and O–H groups in total. The molecule has 1 aromatic heterocycles. The van der Waals surface area contributed by atoms with Gasteiger partial charge in [-0.15, -0.1) is 0 Å². The van der Waals surface area contributed by atoms with Crippen molar-refractivity contribution < 1.29 is 14.6 Å². The van der Waals surface area contributed by atoms with E-state index in [9.17, 15) is 9.90 Å². The first kappa shape index (κ1) is 12.0. The van der Waals surface area contributed by atoms with Gasteiger partial charge in [-0.3, -0.25) is 9.36 Å². The SMILES string of the molecule is O=C1CCc2cc(Oc3ccccc3)cc3cc(O)n1c23. The summed E-state index contributed by atoms with van der Waals surface area (Å²) >= 11 is 0. The molecule has 0 aliphatic carbocycles. The lowest BCUT2D eigenvalue weighted by Gasteiger charge is -2.16. The molecule has 4 nitrogen and oxygen atoms in total. The number of hydrogen-bond donors (Lipinski definition) is 1. The van der Waals surface area contributed by atoms with Crippen molar-refractivity contribution in [2.45, 2.75) is 12.8 Å². The van der Waals surface area contributed by atoms with Crippen molar-refractivity contribution in [2.75, 3.05) is 0 Å². The third kappa shape index (κ3) is 1.88. The van der Waals surface area contributed by atoms with Gasteiger partial charge in [0.1, 0.15) is 11.5 Å². The third-order valence-electron chi connectivity index (χ3n) is 3.77. The van der Waals surface area contributed by atoms with E-state index in [0.29, 0.717) is 12.8 Å². The van der Waals surface area contributed by atoms with Crippen molar-refractivity contribution in [3.8, 4) is 17.4 Å². The van der Waals surface area contributed by atoms with Gasteiger partial charge in [0, 0.05) is 17.9 Å². The van der Waals surface area contributed by atoms with Crippen LogP contribution in [0.4, 0.5) is 0 Å². The topological polar surface area (TPSA) is 51.5 Å². The fourth-order valence-electron chi connectivity index (χ4n) is 2.87. The van der Waals surface area contributed by atoms with Crippen LogP contribution >= 0.6 is 0 Å². The number of rotatable bonds is 2. The van der Waals surface area contributed by atoms with E-state index in [4.69, 9.17) is 4.74 Å². The molecule has 0 unspecified atom stereocenters. The summed E-state index contributed by atoms with van der Waals surface area (Å²) in [7, 11) is 0. The van der Waals surface area contributed by atoms with E-state index in [1.54, 1.807) is 6.07 Å². The molecule has 0 amide bonds. The van der Waals surface area contributed by atoms with Gasteiger partial charge < -0.3 is 9.84 Å². The van der Waals surface area contributed by atoms with Crippen LogP contribution in [0.3, 0.4) is 0 Å². The number of carbonyl (C=O) groups is 1. The number of hydrogen-bond acceptors (Lipinski definition) is 3. The predicted molar refractivity (Wildman–Crippen MR) is 79.1 cm³/mol. The molecular formula is C17H13NO3. The number of aromatic nitrogens is 1. The minimum Gasteiger partial charge on any atom is -0.494 e.